The van der Waals surface area contributed by atoms with Gasteiger partial charge in [0.25, 0.3) is 0 Å². The molecule has 2 aromatic carbocycles. The van der Waals surface area contributed by atoms with E-state index in [1.807, 2.05) is 105 Å². The molecule has 11 atom stereocenters. The van der Waals surface area contributed by atoms with Crippen LogP contribution in [0.25, 0.3) is 11.1 Å². The van der Waals surface area contributed by atoms with Crippen LogP contribution >= 0.6 is 0 Å². The molecule has 21 heteroatoms. The molecule has 0 unspecified atom stereocenters. The summed E-state index contributed by atoms with van der Waals surface area (Å²) in [6.07, 6.45) is 2.40. The number of nitrogens with one attached hydrogen (secondary N) is 2. The molecule has 0 fully saturated rings. The van der Waals surface area contributed by atoms with E-state index in [0.717, 1.165) is 22.3 Å². The average molecular weight is 1350 g/mol. The van der Waals surface area contributed by atoms with Crippen LogP contribution in [0.15, 0.2) is 60.7 Å². The van der Waals surface area contributed by atoms with Crippen LogP contribution in [0.4, 0.5) is 0 Å². The van der Waals surface area contributed by atoms with Gasteiger partial charge in [0.1, 0.15) is 31.4 Å². The first-order chi connectivity index (χ1) is 45.4. The Morgan fingerprint density at radius 3 is 1.58 bits per heavy atom. The lowest BCUT2D eigenvalue weighted by atomic mass is 9.82. The fourth-order valence-electron chi connectivity index (χ4n) is 13.0. The van der Waals surface area contributed by atoms with E-state index in [-0.39, 0.29) is 106 Å². The van der Waals surface area contributed by atoms with Gasteiger partial charge in [-0.3, -0.25) is 52.7 Å². The lowest BCUT2D eigenvalue weighted by molar-refractivity contribution is -0.159. The van der Waals surface area contributed by atoms with Crippen LogP contribution in [-0.4, -0.2) is 175 Å². The Hall–Kier alpha value is -7.58. The second-order valence-electron chi connectivity index (χ2n) is 28.8. The van der Waals surface area contributed by atoms with E-state index in [2.05, 4.69) is 22.8 Å². The zero-order valence-electron chi connectivity index (χ0n) is 62.0. The summed E-state index contributed by atoms with van der Waals surface area (Å²) in [7, 11) is 6.05. The van der Waals surface area contributed by atoms with Crippen LogP contribution in [0.1, 0.15) is 193 Å². The van der Waals surface area contributed by atoms with Crippen molar-refractivity contribution in [3.8, 4) is 11.1 Å². The maximum absolute atomic E-state index is 15.0. The van der Waals surface area contributed by atoms with Gasteiger partial charge < -0.3 is 44.4 Å². The van der Waals surface area contributed by atoms with Crippen LogP contribution in [-0.2, 0) is 71.7 Å². The maximum atomic E-state index is 15.0. The molecule has 1 aliphatic rings. The minimum absolute atomic E-state index is 0.0355. The van der Waals surface area contributed by atoms with Crippen LogP contribution < -0.4 is 10.6 Å². The Balaban J connectivity index is 1.82. The summed E-state index contributed by atoms with van der Waals surface area (Å²) in [5.41, 5.74) is 4.31. The van der Waals surface area contributed by atoms with Gasteiger partial charge in [-0.2, -0.15) is 0 Å². The summed E-state index contributed by atoms with van der Waals surface area (Å²) in [6.45, 7) is 29.6. The number of allylic oxidation sites excluding steroid dienone is 2. The number of amides is 6. The summed E-state index contributed by atoms with van der Waals surface area (Å²) < 4.78 is 17.2. The van der Waals surface area contributed by atoms with Gasteiger partial charge in [-0.1, -0.05) is 151 Å². The van der Waals surface area contributed by atoms with E-state index >= 15 is 4.79 Å². The van der Waals surface area contributed by atoms with Crippen molar-refractivity contribution in [1.29, 1.82) is 0 Å². The van der Waals surface area contributed by atoms with Gasteiger partial charge in [0, 0.05) is 79.1 Å². The lowest BCUT2D eigenvalue weighted by Crippen LogP contribution is -2.53. The highest BCUT2D eigenvalue weighted by Gasteiger charge is 2.44. The number of ketones is 3. The van der Waals surface area contributed by atoms with Crippen molar-refractivity contribution in [2.24, 2.45) is 59.2 Å². The number of carbonyl (C=O) groups excluding carboxylic acids is 12. The molecule has 0 heterocycles. The van der Waals surface area contributed by atoms with Gasteiger partial charge in [-0.25, -0.2) is 4.79 Å². The SMILES string of the molecule is C/C=C/C[C@@H](C)[C@@H](OC(C)=O)[C@H](CC(=O)[C@H](C(C)C)N(C)C(=O)[C@@H](CC(=O)[C@H](CC(C)C)N(C)C(=O)[C@@H](C)NC(=O)[C@H](C)CC(=O)[C@H](CC(C)C)N(C)C(=O)[C@@H](CC(=O)OCC1c2ccccc2-c2ccccc21)C(C)C)CC(C)C)C(=O)N[C@@H](CC)C(=O)OCCN(C)C(C)=O. The number of fused-ring (bicyclic) bond motifs is 3. The number of ether oxygens (including phenoxy) is 3. The largest absolute Gasteiger partial charge is 0.465 e. The molecule has 2 aromatic rings. The first-order valence-corrected chi connectivity index (χ1v) is 34.9. The molecule has 0 spiro atoms. The highest BCUT2D eigenvalue weighted by molar-refractivity contribution is 5.98. The first-order valence-electron chi connectivity index (χ1n) is 34.9. The molecule has 0 saturated heterocycles. The van der Waals surface area contributed by atoms with Crippen molar-refractivity contribution in [3.63, 3.8) is 0 Å². The second-order valence-corrected chi connectivity index (χ2v) is 28.8. The van der Waals surface area contributed by atoms with Gasteiger partial charge >= 0.3 is 17.9 Å². The van der Waals surface area contributed by atoms with E-state index in [1.54, 1.807) is 54.8 Å². The van der Waals surface area contributed by atoms with Crippen molar-refractivity contribution in [3.05, 3.63) is 71.8 Å². The Morgan fingerprint density at radius 2 is 1.09 bits per heavy atom. The standard InChI is InChI=1S/C76H116N6O15/c1-22-24-29-49(13)70(97-53(17)84)60(72(90)78-62(23-2)76(94)95-35-34-79(18)52(16)83)41-67(87)69(48(11)12)82(21)74(92)54(36-44(3)4)40-66(86)64(38-46(7)8)80(19)73(91)51(15)77-71(89)50(14)39-65(85)63(37-45(5)6)81(20)75(93)59(47(9)10)42-68(88)96-43-61-57-32-27-25-30-55(57)56-31-26-28-33-58(56)61/h22,24-28,30-33,44-51,54,59-64,69-70H,23,29,34-43H2,1-21H3,(H,77,89)(H,78,90)/b24-22+/t49-,50-,51-,54-,59+,60+,62+,63+,64+,69+,70-/m1/s1. The number of hydrogen-bond acceptors (Lipinski definition) is 15. The van der Waals surface area contributed by atoms with Gasteiger partial charge in [0.05, 0.1) is 42.9 Å². The van der Waals surface area contributed by atoms with Crippen molar-refractivity contribution in [2.45, 2.75) is 218 Å². The smallest absolute Gasteiger partial charge is 0.328 e. The maximum Gasteiger partial charge on any atom is 0.328 e. The third-order valence-corrected chi connectivity index (χ3v) is 18.6. The van der Waals surface area contributed by atoms with Crippen LogP contribution in [0.2, 0.25) is 0 Å². The number of nitrogens with zero attached hydrogens (tertiary/aromatic N) is 4. The highest BCUT2D eigenvalue weighted by atomic mass is 16.5. The lowest BCUT2D eigenvalue weighted by Gasteiger charge is -2.36. The van der Waals surface area contributed by atoms with E-state index in [1.165, 1.54) is 54.5 Å². The molecule has 0 radical (unpaired) electrons. The summed E-state index contributed by atoms with van der Waals surface area (Å²) >= 11 is 0. The molecule has 97 heavy (non-hydrogen) atoms. The molecule has 21 nitrogen and oxygen atoms in total. The van der Waals surface area contributed by atoms with E-state index in [0.29, 0.717) is 6.42 Å². The highest BCUT2D eigenvalue weighted by Crippen LogP contribution is 2.45. The van der Waals surface area contributed by atoms with E-state index in [4.69, 9.17) is 14.2 Å². The van der Waals surface area contributed by atoms with Crippen molar-refractivity contribution >= 4 is 70.7 Å². The van der Waals surface area contributed by atoms with Crippen molar-refractivity contribution in [1.82, 2.24) is 30.2 Å². The summed E-state index contributed by atoms with van der Waals surface area (Å²) in [4.78, 5) is 173. The molecule has 1 aliphatic carbocycles. The molecular formula is C76H116N6O15. The zero-order chi connectivity index (χ0) is 73.5. The van der Waals surface area contributed by atoms with Crippen molar-refractivity contribution in [2.75, 3.05) is 47.9 Å². The van der Waals surface area contributed by atoms with Crippen molar-refractivity contribution < 1.29 is 71.7 Å². The Morgan fingerprint density at radius 1 is 0.567 bits per heavy atom. The number of likely N-dealkylation sites (N-methyl/N-ethyl adjacent to an activating group) is 4. The Labute approximate surface area is 578 Å². The molecule has 2 N–H and O–H groups in total. The molecule has 540 valence electrons. The van der Waals surface area contributed by atoms with Gasteiger partial charge in [-0.05, 0) is 104 Å². The molecule has 0 saturated carbocycles. The van der Waals surface area contributed by atoms with Crippen LogP contribution in [0.5, 0.6) is 0 Å². The number of Topliss-reactive ketones (excluding diaryl/α,β-unsaturated/α-hetero) is 3. The minimum Gasteiger partial charge on any atom is -0.465 e. The fraction of sp³-hybridized carbons (Fsp3) is 0.658. The van der Waals surface area contributed by atoms with Gasteiger partial charge in [0.15, 0.2) is 17.3 Å². The quantitative estimate of drug-likeness (QED) is 0.0356. The third-order valence-electron chi connectivity index (χ3n) is 18.6. The zero-order valence-corrected chi connectivity index (χ0v) is 62.0. The average Bonchev–Trinajstić information content (AvgIpc) is 1.63. The number of esters is 3. The second kappa shape index (κ2) is 39.7. The summed E-state index contributed by atoms with van der Waals surface area (Å²) in [5.74, 6) is -12.2. The molecule has 3 rings (SSSR count). The van der Waals surface area contributed by atoms with Crippen LogP contribution in [0.3, 0.4) is 0 Å². The number of benzene rings is 2. The van der Waals surface area contributed by atoms with Crippen LogP contribution in [0, 0.1) is 59.2 Å². The Bertz CT molecular complexity index is 3020. The molecular weight excluding hydrogens is 1240 g/mol. The molecule has 0 aromatic heterocycles. The van der Waals surface area contributed by atoms with Gasteiger partial charge in [0.2, 0.25) is 35.4 Å². The predicted octanol–water partition coefficient (Wildman–Crippen LogP) is 9.98. The molecule has 0 bridgehead atoms. The summed E-state index contributed by atoms with van der Waals surface area (Å²) in [5, 5.41) is 5.48. The number of rotatable bonds is 41. The Kier molecular flexibility index (Phi) is 34.3. The number of carbonyl (C=O) groups is 12. The van der Waals surface area contributed by atoms with E-state index in [9.17, 15) is 52.7 Å². The first kappa shape index (κ1) is 83.6. The van der Waals surface area contributed by atoms with E-state index < -0.39 is 137 Å². The topological polar surface area (TPSA) is 270 Å². The molecule has 0 aliphatic heterocycles. The number of hydrogen-bond donors (Lipinski definition) is 2. The summed E-state index contributed by atoms with van der Waals surface area (Å²) in [6, 6.07) is 10.6. The fourth-order valence-corrected chi connectivity index (χ4v) is 13.0. The monoisotopic (exact) mass is 1350 g/mol. The minimum atomic E-state index is -1.34. The molecule has 6 amide bonds. The predicted molar refractivity (Wildman–Crippen MR) is 374 cm³/mol. The third kappa shape index (κ3) is 24.7. The van der Waals surface area contributed by atoms with Gasteiger partial charge in [-0.15, -0.1) is 0 Å². The normalized spacial score (nSPS) is 15.6.